The average molecular weight is 252 g/mol. The van der Waals surface area contributed by atoms with Gasteiger partial charge in [-0.05, 0) is 33.8 Å². The molecule has 1 fully saturated rings. The lowest BCUT2D eigenvalue weighted by molar-refractivity contribution is -0.131. The lowest BCUT2D eigenvalue weighted by atomic mass is 9.84. The van der Waals surface area contributed by atoms with Crippen LogP contribution in [0.1, 0.15) is 45.0 Å². The van der Waals surface area contributed by atoms with Gasteiger partial charge in [-0.25, -0.2) is 0 Å². The summed E-state index contributed by atoms with van der Waals surface area (Å²) >= 11 is 0. The van der Waals surface area contributed by atoms with Gasteiger partial charge in [-0.15, -0.1) is 0 Å². The summed E-state index contributed by atoms with van der Waals surface area (Å²) in [5.41, 5.74) is 1.48. The topological polar surface area (TPSA) is 47.3 Å². The first-order chi connectivity index (χ1) is 8.42. The van der Waals surface area contributed by atoms with Crippen molar-refractivity contribution < 1.29 is 9.84 Å². The van der Waals surface area contributed by atoms with Crippen LogP contribution in [0, 0.1) is 6.92 Å². The molecule has 1 aliphatic heterocycles. The molecule has 0 radical (unpaired) electrons. The molecule has 1 saturated heterocycles. The number of hydrogen-bond acceptors (Lipinski definition) is 3. The van der Waals surface area contributed by atoms with E-state index in [2.05, 4.69) is 18.1 Å². The summed E-state index contributed by atoms with van der Waals surface area (Å²) in [6, 6.07) is 2.08. The summed E-state index contributed by atoms with van der Waals surface area (Å²) in [5, 5.41) is 15.2. The first-order valence-corrected chi connectivity index (χ1v) is 6.83. The zero-order chi connectivity index (χ0) is 13.3. The van der Waals surface area contributed by atoms with Gasteiger partial charge in [0.25, 0.3) is 0 Å². The molecule has 1 aromatic rings. The second-order valence-electron chi connectivity index (χ2n) is 5.66. The predicted octanol–water partition coefficient (Wildman–Crippen LogP) is 2.07. The number of ether oxygens (including phenoxy) is 1. The van der Waals surface area contributed by atoms with Crippen molar-refractivity contribution in [1.82, 2.24) is 9.78 Å². The molecule has 1 aliphatic rings. The van der Waals surface area contributed by atoms with Crippen LogP contribution in [0.4, 0.5) is 0 Å². The van der Waals surface area contributed by atoms with Crippen molar-refractivity contribution in [2.45, 2.75) is 71.3 Å². The van der Waals surface area contributed by atoms with Crippen LogP contribution in [-0.2, 0) is 17.7 Å². The van der Waals surface area contributed by atoms with Crippen molar-refractivity contribution in [3.8, 4) is 0 Å². The largest absolute Gasteiger partial charge is 0.389 e. The minimum Gasteiger partial charge on any atom is -0.389 e. The molecule has 2 heterocycles. The monoisotopic (exact) mass is 252 g/mol. The lowest BCUT2D eigenvalue weighted by Gasteiger charge is -2.39. The number of nitrogens with zero attached hydrogens (tertiary/aromatic N) is 2. The molecule has 0 amide bonds. The second-order valence-corrected chi connectivity index (χ2v) is 5.66. The van der Waals surface area contributed by atoms with Crippen LogP contribution in [-0.4, -0.2) is 32.7 Å². The Morgan fingerprint density at radius 1 is 1.44 bits per heavy atom. The number of aliphatic hydroxyl groups is 1. The molecule has 1 aromatic heterocycles. The first kappa shape index (κ1) is 13.6. The van der Waals surface area contributed by atoms with E-state index in [-0.39, 0.29) is 12.2 Å². The number of aryl methyl sites for hydroxylation is 2. The molecule has 0 spiro atoms. The Labute approximate surface area is 109 Å². The van der Waals surface area contributed by atoms with E-state index >= 15 is 0 Å². The molecule has 102 valence electrons. The van der Waals surface area contributed by atoms with E-state index in [1.165, 1.54) is 0 Å². The highest BCUT2D eigenvalue weighted by Crippen LogP contribution is 2.31. The van der Waals surface area contributed by atoms with Gasteiger partial charge in [0.1, 0.15) is 0 Å². The van der Waals surface area contributed by atoms with Gasteiger partial charge < -0.3 is 9.84 Å². The van der Waals surface area contributed by atoms with Crippen molar-refractivity contribution in [1.29, 1.82) is 0 Å². The molecule has 0 aromatic carbocycles. The van der Waals surface area contributed by atoms with Crippen LogP contribution in [0.15, 0.2) is 6.07 Å². The highest BCUT2D eigenvalue weighted by molar-refractivity contribution is 5.12. The molecule has 2 rings (SSSR count). The average Bonchev–Trinajstić information content (AvgIpc) is 2.55. The van der Waals surface area contributed by atoms with E-state index in [9.17, 15) is 5.11 Å². The molecule has 2 unspecified atom stereocenters. The summed E-state index contributed by atoms with van der Waals surface area (Å²) < 4.78 is 7.68. The van der Waals surface area contributed by atoms with Gasteiger partial charge in [-0.1, -0.05) is 0 Å². The highest BCUT2D eigenvalue weighted by Gasteiger charge is 2.37. The third-order valence-corrected chi connectivity index (χ3v) is 3.59. The molecule has 1 N–H and O–H groups in total. The standard InChI is InChI=1S/C14H24N2O2/c1-5-16-13(6-10(2)15-16)9-14(17)7-11(3)18-12(4)8-14/h6,11-12,17H,5,7-9H2,1-4H3. The zero-order valence-electron chi connectivity index (χ0n) is 11.8. The first-order valence-electron chi connectivity index (χ1n) is 6.83. The van der Waals surface area contributed by atoms with Gasteiger partial charge in [0.05, 0.1) is 23.5 Å². The number of hydrogen-bond donors (Lipinski definition) is 1. The van der Waals surface area contributed by atoms with Crippen molar-refractivity contribution in [3.63, 3.8) is 0 Å². The van der Waals surface area contributed by atoms with Crippen LogP contribution in [0.3, 0.4) is 0 Å². The van der Waals surface area contributed by atoms with Crippen LogP contribution in [0.2, 0.25) is 0 Å². The fourth-order valence-corrected chi connectivity index (χ4v) is 3.14. The maximum atomic E-state index is 10.8. The summed E-state index contributed by atoms with van der Waals surface area (Å²) in [6.07, 6.45) is 2.31. The fraction of sp³-hybridized carbons (Fsp3) is 0.786. The van der Waals surface area contributed by atoms with Crippen LogP contribution in [0.25, 0.3) is 0 Å². The molecule has 0 saturated carbocycles. The molecule has 2 atom stereocenters. The normalized spacial score (nSPS) is 32.7. The van der Waals surface area contributed by atoms with E-state index in [1.54, 1.807) is 0 Å². The minimum atomic E-state index is -0.656. The van der Waals surface area contributed by atoms with Gasteiger partial charge in [-0.3, -0.25) is 4.68 Å². The van der Waals surface area contributed by atoms with Gasteiger partial charge in [0.2, 0.25) is 0 Å². The van der Waals surface area contributed by atoms with Crippen molar-refractivity contribution >= 4 is 0 Å². The quantitative estimate of drug-likeness (QED) is 0.896. The van der Waals surface area contributed by atoms with Crippen LogP contribution < -0.4 is 0 Å². The van der Waals surface area contributed by atoms with Crippen LogP contribution in [0.5, 0.6) is 0 Å². The maximum absolute atomic E-state index is 10.8. The molecular formula is C14H24N2O2. The molecular weight excluding hydrogens is 228 g/mol. The minimum absolute atomic E-state index is 0.123. The number of rotatable bonds is 3. The summed E-state index contributed by atoms with van der Waals surface area (Å²) in [5.74, 6) is 0. The highest BCUT2D eigenvalue weighted by atomic mass is 16.5. The SMILES string of the molecule is CCn1nc(C)cc1CC1(O)CC(C)OC(C)C1. The van der Waals surface area contributed by atoms with E-state index in [4.69, 9.17) is 4.74 Å². The van der Waals surface area contributed by atoms with Crippen LogP contribution >= 0.6 is 0 Å². The van der Waals surface area contributed by atoms with E-state index < -0.39 is 5.60 Å². The molecule has 0 aliphatic carbocycles. The van der Waals surface area contributed by atoms with Crippen molar-refractivity contribution in [2.75, 3.05) is 0 Å². The third-order valence-electron chi connectivity index (χ3n) is 3.59. The van der Waals surface area contributed by atoms with E-state index in [1.807, 2.05) is 25.5 Å². The molecule has 0 bridgehead atoms. The maximum Gasteiger partial charge on any atom is 0.0752 e. The predicted molar refractivity (Wildman–Crippen MR) is 70.5 cm³/mol. The smallest absolute Gasteiger partial charge is 0.0752 e. The Kier molecular flexibility index (Phi) is 3.78. The Balaban J connectivity index is 2.16. The summed E-state index contributed by atoms with van der Waals surface area (Å²) in [4.78, 5) is 0. The van der Waals surface area contributed by atoms with Crippen molar-refractivity contribution in [2.24, 2.45) is 0 Å². The molecule has 4 heteroatoms. The van der Waals surface area contributed by atoms with Gasteiger partial charge in [0, 0.05) is 31.5 Å². The molecule has 18 heavy (non-hydrogen) atoms. The number of aromatic nitrogens is 2. The lowest BCUT2D eigenvalue weighted by Crippen LogP contribution is -2.45. The Hall–Kier alpha value is -0.870. The molecule has 4 nitrogen and oxygen atoms in total. The third kappa shape index (κ3) is 2.93. The Bertz CT molecular complexity index is 404. The summed E-state index contributed by atoms with van der Waals surface area (Å²) in [7, 11) is 0. The van der Waals surface area contributed by atoms with Gasteiger partial charge >= 0.3 is 0 Å². The zero-order valence-corrected chi connectivity index (χ0v) is 11.8. The van der Waals surface area contributed by atoms with Gasteiger partial charge in [-0.2, -0.15) is 5.10 Å². The summed E-state index contributed by atoms with van der Waals surface area (Å²) in [6.45, 7) is 8.98. The second kappa shape index (κ2) is 5.02. The fourth-order valence-electron chi connectivity index (χ4n) is 3.14. The van der Waals surface area contributed by atoms with Gasteiger partial charge in [0.15, 0.2) is 0 Å². The van der Waals surface area contributed by atoms with E-state index in [0.717, 1.165) is 17.9 Å². The Morgan fingerprint density at radius 3 is 2.61 bits per heavy atom. The Morgan fingerprint density at radius 2 is 2.06 bits per heavy atom. The van der Waals surface area contributed by atoms with E-state index in [0.29, 0.717) is 19.3 Å². The van der Waals surface area contributed by atoms with Crippen molar-refractivity contribution in [3.05, 3.63) is 17.5 Å².